The fraction of sp³-hybridized carbons (Fsp3) is 0.412. The van der Waals surface area contributed by atoms with E-state index in [1.54, 1.807) is 15.9 Å². The van der Waals surface area contributed by atoms with Crippen molar-refractivity contribution in [3.8, 4) is 0 Å². The maximum Gasteiger partial charge on any atom is 0.294 e. The predicted molar refractivity (Wildman–Crippen MR) is 94.2 cm³/mol. The lowest BCUT2D eigenvalue weighted by molar-refractivity contribution is 0.0659. The number of carbonyl (C=O) groups excluding carboxylic acids is 1. The summed E-state index contributed by atoms with van der Waals surface area (Å²) in [5, 5.41) is 8.46. The Hall–Kier alpha value is -2.28. The SMILES string of the molecule is CC[C@H](C)N(Cc1ccsc1)C(=O)c1nc2nc(C)cc(C)n2n1. The molecule has 1 atom stereocenters. The Kier molecular flexibility index (Phi) is 4.62. The fourth-order valence-electron chi connectivity index (χ4n) is 2.61. The Balaban J connectivity index is 1.96. The molecule has 0 aromatic carbocycles. The smallest absolute Gasteiger partial charge is 0.294 e. The Bertz CT molecular complexity index is 855. The first-order chi connectivity index (χ1) is 11.5. The van der Waals surface area contributed by atoms with Gasteiger partial charge in [0.2, 0.25) is 5.82 Å². The molecular formula is C17H21N5OS. The molecule has 24 heavy (non-hydrogen) atoms. The number of aryl methyl sites for hydroxylation is 2. The van der Waals surface area contributed by atoms with E-state index in [-0.39, 0.29) is 17.8 Å². The van der Waals surface area contributed by atoms with Crippen molar-refractivity contribution in [1.82, 2.24) is 24.5 Å². The van der Waals surface area contributed by atoms with E-state index in [0.717, 1.165) is 23.4 Å². The summed E-state index contributed by atoms with van der Waals surface area (Å²) in [6.07, 6.45) is 0.875. The quantitative estimate of drug-likeness (QED) is 0.713. The van der Waals surface area contributed by atoms with Gasteiger partial charge in [-0.05, 0) is 55.6 Å². The zero-order valence-corrected chi connectivity index (χ0v) is 15.2. The van der Waals surface area contributed by atoms with E-state index in [2.05, 4.69) is 27.4 Å². The van der Waals surface area contributed by atoms with Gasteiger partial charge in [0, 0.05) is 24.0 Å². The highest BCUT2D eigenvalue weighted by Crippen LogP contribution is 2.16. The molecule has 7 heteroatoms. The van der Waals surface area contributed by atoms with Crippen LogP contribution in [0.2, 0.25) is 0 Å². The highest BCUT2D eigenvalue weighted by atomic mass is 32.1. The van der Waals surface area contributed by atoms with E-state index < -0.39 is 0 Å². The minimum absolute atomic E-state index is 0.111. The number of hydrogen-bond donors (Lipinski definition) is 0. The van der Waals surface area contributed by atoms with Crippen molar-refractivity contribution in [2.75, 3.05) is 0 Å². The Morgan fingerprint density at radius 3 is 2.83 bits per heavy atom. The number of nitrogens with zero attached hydrogens (tertiary/aromatic N) is 5. The van der Waals surface area contributed by atoms with Gasteiger partial charge in [0.1, 0.15) is 0 Å². The number of hydrogen-bond acceptors (Lipinski definition) is 5. The average molecular weight is 343 g/mol. The van der Waals surface area contributed by atoms with Gasteiger partial charge in [-0.15, -0.1) is 5.10 Å². The van der Waals surface area contributed by atoms with Gasteiger partial charge in [-0.2, -0.15) is 16.3 Å². The lowest BCUT2D eigenvalue weighted by Gasteiger charge is -2.27. The van der Waals surface area contributed by atoms with Gasteiger partial charge in [-0.25, -0.2) is 9.50 Å². The molecule has 0 aliphatic rings. The Morgan fingerprint density at radius 2 is 2.17 bits per heavy atom. The van der Waals surface area contributed by atoms with E-state index >= 15 is 0 Å². The van der Waals surface area contributed by atoms with Gasteiger partial charge in [-0.3, -0.25) is 4.79 Å². The van der Waals surface area contributed by atoms with Crippen LogP contribution in [0.4, 0.5) is 0 Å². The number of amides is 1. The summed E-state index contributed by atoms with van der Waals surface area (Å²) in [7, 11) is 0. The van der Waals surface area contributed by atoms with Crippen molar-refractivity contribution in [3.63, 3.8) is 0 Å². The van der Waals surface area contributed by atoms with Gasteiger partial charge < -0.3 is 4.90 Å². The van der Waals surface area contributed by atoms with Gasteiger partial charge in [0.15, 0.2) is 0 Å². The number of carbonyl (C=O) groups is 1. The van der Waals surface area contributed by atoms with Gasteiger partial charge in [-0.1, -0.05) is 6.92 Å². The van der Waals surface area contributed by atoms with Crippen LogP contribution in [0.3, 0.4) is 0 Å². The van der Waals surface area contributed by atoms with E-state index in [9.17, 15) is 4.79 Å². The average Bonchev–Trinajstić information content (AvgIpc) is 3.20. The first-order valence-corrected chi connectivity index (χ1v) is 8.97. The van der Waals surface area contributed by atoms with E-state index in [0.29, 0.717) is 12.3 Å². The molecule has 1 amide bonds. The van der Waals surface area contributed by atoms with Crippen molar-refractivity contribution in [1.29, 1.82) is 0 Å². The van der Waals surface area contributed by atoms with Gasteiger partial charge in [0.25, 0.3) is 11.7 Å². The zero-order chi connectivity index (χ0) is 17.3. The van der Waals surface area contributed by atoms with Gasteiger partial charge >= 0.3 is 0 Å². The second kappa shape index (κ2) is 6.68. The number of aromatic nitrogens is 4. The standard InChI is InChI=1S/C17H21N5OS/c1-5-12(3)21(9-14-6-7-24-10-14)16(23)15-19-17-18-11(2)8-13(4)22(17)20-15/h6-8,10,12H,5,9H2,1-4H3/t12-/m0/s1. The van der Waals surface area contributed by atoms with E-state index in [1.165, 1.54) is 0 Å². The zero-order valence-electron chi connectivity index (χ0n) is 14.4. The lowest BCUT2D eigenvalue weighted by Crippen LogP contribution is -2.38. The number of rotatable bonds is 5. The molecular weight excluding hydrogens is 322 g/mol. The maximum absolute atomic E-state index is 13.0. The Morgan fingerprint density at radius 1 is 1.38 bits per heavy atom. The molecule has 126 valence electrons. The predicted octanol–water partition coefficient (Wildman–Crippen LogP) is 3.24. The molecule has 0 fully saturated rings. The molecule has 0 spiro atoms. The fourth-order valence-corrected chi connectivity index (χ4v) is 3.27. The first kappa shape index (κ1) is 16.6. The molecule has 3 heterocycles. The van der Waals surface area contributed by atoms with Gasteiger partial charge in [0.05, 0.1) is 0 Å². The largest absolute Gasteiger partial charge is 0.329 e. The highest BCUT2D eigenvalue weighted by Gasteiger charge is 2.25. The normalized spacial score (nSPS) is 12.5. The summed E-state index contributed by atoms with van der Waals surface area (Å²) in [6, 6.07) is 4.08. The summed E-state index contributed by atoms with van der Waals surface area (Å²) >= 11 is 1.63. The first-order valence-electron chi connectivity index (χ1n) is 8.02. The topological polar surface area (TPSA) is 63.4 Å². The van der Waals surface area contributed by atoms with Crippen LogP contribution in [0, 0.1) is 13.8 Å². The molecule has 0 aliphatic carbocycles. The van der Waals surface area contributed by atoms with Crippen LogP contribution in [-0.4, -0.2) is 36.4 Å². The molecule has 0 radical (unpaired) electrons. The van der Waals surface area contributed by atoms with Crippen LogP contribution in [0.5, 0.6) is 0 Å². The number of thiophene rings is 1. The third kappa shape index (κ3) is 3.17. The van der Waals surface area contributed by atoms with Crippen LogP contribution in [0.25, 0.3) is 5.78 Å². The molecule has 0 saturated heterocycles. The third-order valence-corrected chi connectivity index (χ3v) is 4.86. The van der Waals surface area contributed by atoms with Crippen LogP contribution < -0.4 is 0 Å². The van der Waals surface area contributed by atoms with Crippen molar-refractivity contribution < 1.29 is 4.79 Å². The van der Waals surface area contributed by atoms with Crippen molar-refractivity contribution in [2.45, 2.75) is 46.7 Å². The summed E-state index contributed by atoms with van der Waals surface area (Å²) in [5.74, 6) is 0.514. The summed E-state index contributed by atoms with van der Waals surface area (Å²) < 4.78 is 1.62. The minimum Gasteiger partial charge on any atom is -0.329 e. The second-order valence-electron chi connectivity index (χ2n) is 6.01. The molecule has 0 saturated carbocycles. The molecule has 0 unspecified atom stereocenters. The second-order valence-corrected chi connectivity index (χ2v) is 6.79. The lowest BCUT2D eigenvalue weighted by atomic mass is 10.2. The molecule has 6 nitrogen and oxygen atoms in total. The minimum atomic E-state index is -0.155. The monoisotopic (exact) mass is 343 g/mol. The van der Waals surface area contributed by atoms with Crippen molar-refractivity contribution in [2.24, 2.45) is 0 Å². The number of fused-ring (bicyclic) bond motifs is 1. The molecule has 3 aromatic heterocycles. The van der Waals surface area contributed by atoms with Crippen molar-refractivity contribution in [3.05, 3.63) is 45.7 Å². The molecule has 0 bridgehead atoms. The van der Waals surface area contributed by atoms with Crippen LogP contribution in [0.15, 0.2) is 22.9 Å². The molecule has 3 rings (SSSR count). The maximum atomic E-state index is 13.0. The third-order valence-electron chi connectivity index (χ3n) is 4.13. The van der Waals surface area contributed by atoms with E-state index in [1.807, 2.05) is 43.2 Å². The summed E-state index contributed by atoms with van der Waals surface area (Å²) in [5.41, 5.74) is 2.91. The van der Waals surface area contributed by atoms with Crippen LogP contribution in [0.1, 0.15) is 47.8 Å². The molecule has 0 aliphatic heterocycles. The highest BCUT2D eigenvalue weighted by molar-refractivity contribution is 7.07. The molecule has 3 aromatic rings. The summed E-state index contributed by atoms with van der Waals surface area (Å²) in [4.78, 5) is 23.5. The van der Waals surface area contributed by atoms with Crippen LogP contribution in [-0.2, 0) is 6.54 Å². The Labute approximate surface area is 145 Å². The van der Waals surface area contributed by atoms with Crippen molar-refractivity contribution >= 4 is 23.0 Å². The molecule has 0 N–H and O–H groups in total. The van der Waals surface area contributed by atoms with E-state index in [4.69, 9.17) is 0 Å². The van der Waals surface area contributed by atoms with Crippen LogP contribution >= 0.6 is 11.3 Å². The summed E-state index contributed by atoms with van der Waals surface area (Å²) in [6.45, 7) is 8.53.